The first-order valence-corrected chi connectivity index (χ1v) is 13.1. The summed E-state index contributed by atoms with van der Waals surface area (Å²) in [5.41, 5.74) is -2.18. The maximum Gasteiger partial charge on any atom is 0.331 e. The quantitative estimate of drug-likeness (QED) is 0.456. The van der Waals surface area contributed by atoms with Crippen molar-refractivity contribution in [2.45, 2.75) is 95.9 Å². The molecular formula is C27H38O8. The molecule has 4 saturated carbocycles. The molecule has 0 aromatic carbocycles. The monoisotopic (exact) mass is 490 g/mol. The molecule has 4 aliphatic carbocycles. The molecule has 1 heterocycles. The van der Waals surface area contributed by atoms with Crippen LogP contribution in [0.3, 0.4) is 0 Å². The molecule has 1 aliphatic heterocycles. The van der Waals surface area contributed by atoms with Crippen LogP contribution in [0.2, 0.25) is 0 Å². The number of carbonyl (C=O) groups is 3. The Morgan fingerprint density at radius 3 is 2.43 bits per heavy atom. The Labute approximate surface area is 206 Å². The van der Waals surface area contributed by atoms with E-state index in [0.717, 1.165) is 24.8 Å². The summed E-state index contributed by atoms with van der Waals surface area (Å²) < 4.78 is 16.3. The second-order valence-corrected chi connectivity index (χ2v) is 12.0. The zero-order valence-corrected chi connectivity index (χ0v) is 21.0. The summed E-state index contributed by atoms with van der Waals surface area (Å²) in [4.78, 5) is 35.3. The highest BCUT2D eigenvalue weighted by Gasteiger charge is 2.71. The molecule has 4 fully saturated rings. The SMILES string of the molecule is CC(=O)OC[C@]12CC[C@H](OC(C)=O)C[C@]1(O)CC[C@H]1[C@H]2CC[C@]2(C)[C@H](C3=CC(=O)OC3)CC[C@]12O. The first-order valence-electron chi connectivity index (χ1n) is 13.1. The second kappa shape index (κ2) is 8.30. The van der Waals surface area contributed by atoms with Crippen molar-refractivity contribution in [1.29, 1.82) is 0 Å². The van der Waals surface area contributed by atoms with E-state index in [0.29, 0.717) is 45.1 Å². The molecule has 0 bridgehead atoms. The van der Waals surface area contributed by atoms with Gasteiger partial charge in [0.05, 0.1) is 17.8 Å². The van der Waals surface area contributed by atoms with E-state index in [4.69, 9.17) is 14.2 Å². The number of cyclic esters (lactones) is 1. The lowest BCUT2D eigenvalue weighted by atomic mass is 9.41. The predicted octanol–water partition coefficient (Wildman–Crippen LogP) is 2.83. The smallest absolute Gasteiger partial charge is 0.331 e. The minimum atomic E-state index is -1.14. The van der Waals surface area contributed by atoms with Crippen molar-refractivity contribution in [3.8, 4) is 0 Å². The fourth-order valence-electron chi connectivity index (χ4n) is 9.03. The van der Waals surface area contributed by atoms with Crippen LogP contribution in [-0.2, 0) is 28.6 Å². The van der Waals surface area contributed by atoms with Crippen molar-refractivity contribution in [2.75, 3.05) is 13.2 Å². The van der Waals surface area contributed by atoms with E-state index >= 15 is 0 Å². The lowest BCUT2D eigenvalue weighted by molar-refractivity contribution is -0.271. The van der Waals surface area contributed by atoms with Crippen molar-refractivity contribution in [2.24, 2.45) is 28.6 Å². The molecule has 8 heteroatoms. The van der Waals surface area contributed by atoms with Crippen LogP contribution in [0, 0.1) is 28.6 Å². The van der Waals surface area contributed by atoms with E-state index < -0.39 is 16.6 Å². The standard InChI is InChI=1S/C27H38O8/c1-16(28)34-15-25-9-4-19(35-17(2)29)13-26(25,31)10-6-22-21(25)5-8-24(3)20(7-11-27(22,24)32)18-12-23(30)33-14-18/h12,19-22,31-32H,4-11,13-15H2,1-3H3/t19-,20-,21+,22-,24+,25-,26+,27-/m0/s1. The predicted molar refractivity (Wildman–Crippen MR) is 124 cm³/mol. The summed E-state index contributed by atoms with van der Waals surface area (Å²) in [5, 5.41) is 24.5. The molecule has 2 N–H and O–H groups in total. The first-order chi connectivity index (χ1) is 16.4. The summed E-state index contributed by atoms with van der Waals surface area (Å²) in [7, 11) is 0. The highest BCUT2D eigenvalue weighted by Crippen LogP contribution is 2.70. The van der Waals surface area contributed by atoms with Gasteiger partial charge >= 0.3 is 17.9 Å². The molecule has 0 aromatic rings. The number of esters is 3. The molecule has 194 valence electrons. The van der Waals surface area contributed by atoms with Gasteiger partial charge in [0.1, 0.15) is 12.7 Å². The Morgan fingerprint density at radius 1 is 1.03 bits per heavy atom. The van der Waals surface area contributed by atoms with Crippen molar-refractivity contribution < 1.29 is 38.8 Å². The van der Waals surface area contributed by atoms with Gasteiger partial charge in [0.2, 0.25) is 0 Å². The molecule has 0 spiro atoms. The van der Waals surface area contributed by atoms with Gasteiger partial charge in [-0.25, -0.2) is 4.79 Å². The topological polar surface area (TPSA) is 119 Å². The van der Waals surface area contributed by atoms with Crippen LogP contribution in [0.25, 0.3) is 0 Å². The maximum atomic E-state index is 12.4. The number of ether oxygens (including phenoxy) is 3. The number of aliphatic hydroxyl groups is 2. The summed E-state index contributed by atoms with van der Waals surface area (Å²) in [5.74, 6) is -1.03. The minimum absolute atomic E-state index is 0.0221. The molecule has 5 rings (SSSR count). The van der Waals surface area contributed by atoms with Gasteiger partial charge in [0.25, 0.3) is 0 Å². The normalized spacial score (nSPS) is 46.5. The minimum Gasteiger partial charge on any atom is -0.465 e. The summed E-state index contributed by atoms with van der Waals surface area (Å²) in [6, 6.07) is 0. The highest BCUT2D eigenvalue weighted by atomic mass is 16.5. The number of hydrogen-bond acceptors (Lipinski definition) is 8. The lowest BCUT2D eigenvalue weighted by Gasteiger charge is -2.66. The largest absolute Gasteiger partial charge is 0.465 e. The van der Waals surface area contributed by atoms with Crippen LogP contribution in [0.5, 0.6) is 0 Å². The van der Waals surface area contributed by atoms with E-state index in [1.807, 2.05) is 0 Å². The van der Waals surface area contributed by atoms with E-state index in [-0.39, 0.29) is 53.8 Å². The third-order valence-electron chi connectivity index (χ3n) is 10.6. The number of rotatable bonds is 4. The molecule has 0 amide bonds. The van der Waals surface area contributed by atoms with E-state index in [2.05, 4.69) is 6.92 Å². The van der Waals surface area contributed by atoms with Gasteiger partial charge in [-0.1, -0.05) is 6.92 Å². The van der Waals surface area contributed by atoms with Crippen LogP contribution >= 0.6 is 0 Å². The van der Waals surface area contributed by atoms with E-state index in [9.17, 15) is 24.6 Å². The summed E-state index contributed by atoms with van der Waals surface area (Å²) >= 11 is 0. The molecule has 8 nitrogen and oxygen atoms in total. The Bertz CT molecular complexity index is 959. The van der Waals surface area contributed by atoms with Gasteiger partial charge in [-0.3, -0.25) is 9.59 Å². The molecule has 0 aromatic heterocycles. The maximum absolute atomic E-state index is 12.4. The molecule has 0 unspecified atom stereocenters. The fourth-order valence-corrected chi connectivity index (χ4v) is 9.03. The van der Waals surface area contributed by atoms with Crippen LogP contribution in [0.1, 0.15) is 78.6 Å². The summed E-state index contributed by atoms with van der Waals surface area (Å²) in [6.45, 7) is 5.33. The van der Waals surface area contributed by atoms with Crippen molar-refractivity contribution in [1.82, 2.24) is 0 Å². The van der Waals surface area contributed by atoms with Gasteiger partial charge in [0.15, 0.2) is 0 Å². The number of fused-ring (bicyclic) bond motifs is 5. The third kappa shape index (κ3) is 3.57. The van der Waals surface area contributed by atoms with Crippen LogP contribution in [0.4, 0.5) is 0 Å². The number of carbonyl (C=O) groups excluding carboxylic acids is 3. The average Bonchev–Trinajstić information content (AvgIpc) is 3.31. The fraction of sp³-hybridized carbons (Fsp3) is 0.815. The average molecular weight is 491 g/mol. The first kappa shape index (κ1) is 24.8. The Hall–Kier alpha value is -1.93. The van der Waals surface area contributed by atoms with E-state index in [1.165, 1.54) is 13.8 Å². The van der Waals surface area contributed by atoms with Crippen molar-refractivity contribution >= 4 is 17.9 Å². The molecule has 35 heavy (non-hydrogen) atoms. The van der Waals surface area contributed by atoms with Gasteiger partial charge in [-0.15, -0.1) is 0 Å². The highest BCUT2D eigenvalue weighted by molar-refractivity contribution is 5.85. The van der Waals surface area contributed by atoms with Gasteiger partial charge in [-0.05, 0) is 74.7 Å². The number of hydrogen-bond donors (Lipinski definition) is 2. The van der Waals surface area contributed by atoms with Crippen LogP contribution in [-0.4, -0.2) is 58.6 Å². The Kier molecular flexibility index (Phi) is 5.87. The molecule has 8 atom stereocenters. The summed E-state index contributed by atoms with van der Waals surface area (Å²) in [6.07, 6.45) is 6.83. The molecule has 5 aliphatic rings. The third-order valence-corrected chi connectivity index (χ3v) is 10.6. The zero-order valence-electron chi connectivity index (χ0n) is 21.0. The van der Waals surface area contributed by atoms with Crippen LogP contribution < -0.4 is 0 Å². The lowest BCUT2D eigenvalue weighted by Crippen LogP contribution is -2.69. The van der Waals surface area contributed by atoms with E-state index in [1.54, 1.807) is 6.08 Å². The van der Waals surface area contributed by atoms with Gasteiger partial charge in [0, 0.05) is 37.2 Å². The van der Waals surface area contributed by atoms with Gasteiger partial charge < -0.3 is 24.4 Å². The molecular weight excluding hydrogens is 452 g/mol. The molecule has 0 saturated heterocycles. The van der Waals surface area contributed by atoms with Crippen LogP contribution in [0.15, 0.2) is 11.6 Å². The Balaban J connectivity index is 1.48. The zero-order chi connectivity index (χ0) is 25.2. The van der Waals surface area contributed by atoms with Gasteiger partial charge in [-0.2, -0.15) is 0 Å². The van der Waals surface area contributed by atoms with Crippen molar-refractivity contribution in [3.05, 3.63) is 11.6 Å². The van der Waals surface area contributed by atoms with Crippen molar-refractivity contribution in [3.63, 3.8) is 0 Å². The molecule has 0 radical (unpaired) electrons. The Morgan fingerprint density at radius 2 is 1.77 bits per heavy atom. The second-order valence-electron chi connectivity index (χ2n) is 12.0.